The molecule has 1 N–H and O–H groups in total. The predicted octanol–water partition coefficient (Wildman–Crippen LogP) is 4.77. The van der Waals surface area contributed by atoms with Gasteiger partial charge in [-0.25, -0.2) is 0 Å². The first-order chi connectivity index (χ1) is 10.1. The van der Waals surface area contributed by atoms with Crippen LogP contribution in [0.15, 0.2) is 18.2 Å². The van der Waals surface area contributed by atoms with Crippen LogP contribution in [-0.4, -0.2) is 12.1 Å². The SMILES string of the molecule is CCCNC1CC2(CCCC(C)C2)Oc2ccc(C)cc21. The van der Waals surface area contributed by atoms with E-state index in [9.17, 15) is 0 Å². The largest absolute Gasteiger partial charge is 0.487 e. The molecule has 0 radical (unpaired) electrons. The molecule has 1 fully saturated rings. The van der Waals surface area contributed by atoms with Gasteiger partial charge in [0.05, 0.1) is 0 Å². The zero-order chi connectivity index (χ0) is 14.9. The monoisotopic (exact) mass is 287 g/mol. The maximum Gasteiger partial charge on any atom is 0.124 e. The van der Waals surface area contributed by atoms with E-state index in [1.807, 2.05) is 0 Å². The van der Waals surface area contributed by atoms with Crippen molar-refractivity contribution in [2.45, 2.75) is 70.9 Å². The first-order valence-electron chi connectivity index (χ1n) is 8.65. The molecule has 1 aromatic carbocycles. The number of benzene rings is 1. The quantitative estimate of drug-likeness (QED) is 0.865. The number of nitrogens with one attached hydrogen (secondary N) is 1. The van der Waals surface area contributed by atoms with E-state index in [1.54, 1.807) is 0 Å². The molecule has 1 aliphatic heterocycles. The maximum absolute atomic E-state index is 6.56. The summed E-state index contributed by atoms with van der Waals surface area (Å²) < 4.78 is 6.56. The van der Waals surface area contributed by atoms with Gasteiger partial charge in [0.1, 0.15) is 11.4 Å². The standard InChI is InChI=1S/C19H29NO/c1-4-10-20-17-13-19(9-5-6-15(3)12-19)21-18-8-7-14(2)11-16(17)18/h7-8,11,15,17,20H,4-6,9-10,12-13H2,1-3H3. The fraction of sp³-hybridized carbons (Fsp3) is 0.684. The molecule has 1 heterocycles. The van der Waals surface area contributed by atoms with E-state index in [4.69, 9.17) is 4.74 Å². The van der Waals surface area contributed by atoms with Crippen LogP contribution in [-0.2, 0) is 0 Å². The van der Waals surface area contributed by atoms with Gasteiger partial charge in [-0.15, -0.1) is 0 Å². The Labute approximate surface area is 129 Å². The van der Waals surface area contributed by atoms with Gasteiger partial charge < -0.3 is 10.1 Å². The summed E-state index contributed by atoms with van der Waals surface area (Å²) >= 11 is 0. The third-order valence-electron chi connectivity index (χ3n) is 5.13. The second kappa shape index (κ2) is 6.00. The van der Waals surface area contributed by atoms with Crippen LogP contribution in [0.1, 0.15) is 69.5 Å². The normalized spacial score (nSPS) is 31.8. The Morgan fingerprint density at radius 2 is 2.19 bits per heavy atom. The Bertz CT molecular complexity index is 498. The van der Waals surface area contributed by atoms with Crippen LogP contribution >= 0.6 is 0 Å². The van der Waals surface area contributed by atoms with E-state index in [1.165, 1.54) is 43.2 Å². The molecule has 0 aromatic heterocycles. The lowest BCUT2D eigenvalue weighted by atomic mass is 9.73. The summed E-state index contributed by atoms with van der Waals surface area (Å²) in [5.41, 5.74) is 2.77. The highest BCUT2D eigenvalue weighted by molar-refractivity contribution is 5.41. The molecule has 2 heteroatoms. The van der Waals surface area contributed by atoms with Crippen LogP contribution in [0.3, 0.4) is 0 Å². The van der Waals surface area contributed by atoms with Crippen LogP contribution in [0.2, 0.25) is 0 Å². The highest BCUT2D eigenvalue weighted by Crippen LogP contribution is 2.47. The average Bonchev–Trinajstić information content (AvgIpc) is 2.45. The molecule has 1 aromatic rings. The van der Waals surface area contributed by atoms with Gasteiger partial charge in [0.15, 0.2) is 0 Å². The van der Waals surface area contributed by atoms with E-state index >= 15 is 0 Å². The minimum absolute atomic E-state index is 0.0747. The Kier molecular flexibility index (Phi) is 4.26. The number of rotatable bonds is 3. The molecule has 3 atom stereocenters. The third-order valence-corrected chi connectivity index (χ3v) is 5.13. The number of hydrogen-bond donors (Lipinski definition) is 1. The van der Waals surface area contributed by atoms with Crippen LogP contribution in [0.4, 0.5) is 0 Å². The first kappa shape index (κ1) is 14.9. The van der Waals surface area contributed by atoms with Crippen molar-refractivity contribution in [2.24, 2.45) is 5.92 Å². The second-order valence-electron chi connectivity index (χ2n) is 7.24. The van der Waals surface area contributed by atoms with E-state index < -0.39 is 0 Å². The third kappa shape index (κ3) is 3.11. The summed E-state index contributed by atoms with van der Waals surface area (Å²) in [7, 11) is 0. The summed E-state index contributed by atoms with van der Waals surface area (Å²) in [4.78, 5) is 0. The maximum atomic E-state index is 6.56. The lowest BCUT2D eigenvalue weighted by Crippen LogP contribution is -2.47. The molecule has 0 amide bonds. The zero-order valence-electron chi connectivity index (χ0n) is 13.7. The van der Waals surface area contributed by atoms with E-state index in [0.717, 1.165) is 24.6 Å². The molecule has 3 unspecified atom stereocenters. The highest BCUT2D eigenvalue weighted by atomic mass is 16.5. The topological polar surface area (TPSA) is 21.3 Å². The van der Waals surface area contributed by atoms with Crippen molar-refractivity contribution >= 4 is 0 Å². The van der Waals surface area contributed by atoms with Crippen molar-refractivity contribution < 1.29 is 4.74 Å². The molecule has 21 heavy (non-hydrogen) atoms. The Morgan fingerprint density at radius 3 is 2.95 bits per heavy atom. The molecule has 1 saturated carbocycles. The fourth-order valence-electron chi connectivity index (χ4n) is 4.18. The van der Waals surface area contributed by atoms with E-state index in [2.05, 4.69) is 44.3 Å². The lowest BCUT2D eigenvalue weighted by Gasteiger charge is -2.46. The van der Waals surface area contributed by atoms with Crippen LogP contribution < -0.4 is 10.1 Å². The van der Waals surface area contributed by atoms with Gasteiger partial charge in [-0.1, -0.05) is 38.0 Å². The molecule has 3 rings (SSSR count). The van der Waals surface area contributed by atoms with Gasteiger partial charge in [-0.2, -0.15) is 0 Å². The van der Waals surface area contributed by atoms with Gasteiger partial charge in [0, 0.05) is 18.0 Å². The summed E-state index contributed by atoms with van der Waals surface area (Å²) in [6.45, 7) is 7.87. The molecule has 0 bridgehead atoms. The average molecular weight is 287 g/mol. The summed E-state index contributed by atoms with van der Waals surface area (Å²) in [6, 6.07) is 7.13. The van der Waals surface area contributed by atoms with Crippen molar-refractivity contribution in [3.8, 4) is 5.75 Å². The van der Waals surface area contributed by atoms with Crippen molar-refractivity contribution in [3.63, 3.8) is 0 Å². The van der Waals surface area contributed by atoms with Crippen molar-refractivity contribution in [2.75, 3.05) is 6.54 Å². The molecule has 1 aliphatic carbocycles. The molecular weight excluding hydrogens is 258 g/mol. The molecule has 116 valence electrons. The zero-order valence-corrected chi connectivity index (χ0v) is 13.7. The smallest absolute Gasteiger partial charge is 0.124 e. The predicted molar refractivity (Wildman–Crippen MR) is 87.8 cm³/mol. The number of fused-ring (bicyclic) bond motifs is 1. The molecule has 2 aliphatic rings. The molecule has 1 spiro atoms. The van der Waals surface area contributed by atoms with Gasteiger partial charge in [0.2, 0.25) is 0 Å². The summed E-state index contributed by atoms with van der Waals surface area (Å²) in [5, 5.41) is 3.76. The number of hydrogen-bond acceptors (Lipinski definition) is 2. The van der Waals surface area contributed by atoms with Gasteiger partial charge >= 0.3 is 0 Å². The van der Waals surface area contributed by atoms with Gasteiger partial charge in [0.25, 0.3) is 0 Å². The van der Waals surface area contributed by atoms with Crippen LogP contribution in [0.5, 0.6) is 5.75 Å². The van der Waals surface area contributed by atoms with Crippen molar-refractivity contribution in [1.82, 2.24) is 5.32 Å². The summed E-state index contributed by atoms with van der Waals surface area (Å²) in [5.74, 6) is 1.91. The minimum atomic E-state index is 0.0747. The van der Waals surface area contributed by atoms with E-state index in [-0.39, 0.29) is 5.60 Å². The van der Waals surface area contributed by atoms with Crippen molar-refractivity contribution in [1.29, 1.82) is 0 Å². The molecule has 0 saturated heterocycles. The molecular formula is C19H29NO. The number of ether oxygens (including phenoxy) is 1. The Balaban J connectivity index is 1.90. The highest BCUT2D eigenvalue weighted by Gasteiger charge is 2.43. The van der Waals surface area contributed by atoms with Crippen LogP contribution in [0, 0.1) is 12.8 Å². The second-order valence-corrected chi connectivity index (χ2v) is 7.24. The number of aryl methyl sites for hydroxylation is 1. The fourth-order valence-corrected chi connectivity index (χ4v) is 4.18. The Morgan fingerprint density at radius 1 is 1.33 bits per heavy atom. The van der Waals surface area contributed by atoms with Gasteiger partial charge in [-0.3, -0.25) is 0 Å². The Hall–Kier alpha value is -1.02. The van der Waals surface area contributed by atoms with E-state index in [0.29, 0.717) is 6.04 Å². The van der Waals surface area contributed by atoms with Gasteiger partial charge in [-0.05, 0) is 51.1 Å². The van der Waals surface area contributed by atoms with Crippen molar-refractivity contribution in [3.05, 3.63) is 29.3 Å². The minimum Gasteiger partial charge on any atom is -0.487 e. The first-order valence-corrected chi connectivity index (χ1v) is 8.65. The van der Waals surface area contributed by atoms with Crippen LogP contribution in [0.25, 0.3) is 0 Å². The summed E-state index contributed by atoms with van der Waals surface area (Å²) in [6.07, 6.45) is 7.41. The molecule has 2 nitrogen and oxygen atoms in total. The lowest BCUT2D eigenvalue weighted by molar-refractivity contribution is -0.0180.